The van der Waals surface area contributed by atoms with E-state index < -0.39 is 0 Å². The molecule has 3 aromatic rings. The number of hydrogen-bond acceptors (Lipinski definition) is 3. The highest BCUT2D eigenvalue weighted by atomic mass is 16.1. The molecule has 0 bridgehead atoms. The Morgan fingerprint density at radius 3 is 2.71 bits per heavy atom. The van der Waals surface area contributed by atoms with Crippen LogP contribution in [0.2, 0.25) is 0 Å². The maximum Gasteiger partial charge on any atom is 0.256 e. The molecule has 1 atom stereocenters. The first-order valence-electron chi connectivity index (χ1n) is 10.3. The molecule has 3 heterocycles. The van der Waals surface area contributed by atoms with Crippen molar-refractivity contribution in [2.45, 2.75) is 45.6 Å². The summed E-state index contributed by atoms with van der Waals surface area (Å²) in [7, 11) is 0. The molecule has 2 aromatic carbocycles. The maximum absolute atomic E-state index is 12.1. The van der Waals surface area contributed by atoms with Gasteiger partial charge in [0, 0.05) is 28.8 Å². The Kier molecular flexibility index (Phi) is 5.18. The van der Waals surface area contributed by atoms with Crippen LogP contribution in [0, 0.1) is 0 Å². The van der Waals surface area contributed by atoms with E-state index in [0.29, 0.717) is 6.04 Å². The van der Waals surface area contributed by atoms with Gasteiger partial charge in [-0.15, -0.1) is 0 Å². The van der Waals surface area contributed by atoms with Gasteiger partial charge in [0.05, 0.1) is 12.2 Å². The van der Waals surface area contributed by atoms with E-state index in [-0.39, 0.29) is 11.8 Å². The molecule has 146 valence electrons. The largest absolute Gasteiger partial charge is 0.321 e. The minimum Gasteiger partial charge on any atom is -0.321 e. The molecule has 28 heavy (non-hydrogen) atoms. The molecule has 1 fully saturated rings. The summed E-state index contributed by atoms with van der Waals surface area (Å²) >= 11 is 0. The quantitative estimate of drug-likeness (QED) is 0.696. The lowest BCUT2D eigenvalue weighted by molar-refractivity contribution is 0.103. The molecule has 5 heteroatoms. The monoisotopic (exact) mass is 376 g/mol. The van der Waals surface area contributed by atoms with E-state index in [9.17, 15) is 4.79 Å². The fourth-order valence-electron chi connectivity index (χ4n) is 4.32. The number of hydrogen-bond donors (Lipinski definition) is 2. The van der Waals surface area contributed by atoms with Gasteiger partial charge in [0.15, 0.2) is 0 Å². The van der Waals surface area contributed by atoms with Gasteiger partial charge in [0.25, 0.3) is 5.91 Å². The first kappa shape index (κ1) is 18.7. The average Bonchev–Trinajstić information content (AvgIpc) is 3.37. The van der Waals surface area contributed by atoms with Gasteiger partial charge in [-0.25, -0.2) is 0 Å². The number of rotatable bonds is 3. The molecule has 2 aliphatic heterocycles. The molecule has 5 nitrogen and oxygen atoms in total. The molecule has 1 aromatic heterocycles. The van der Waals surface area contributed by atoms with Crippen LogP contribution in [0.5, 0.6) is 0 Å². The van der Waals surface area contributed by atoms with E-state index in [4.69, 9.17) is 0 Å². The van der Waals surface area contributed by atoms with Crippen molar-refractivity contribution in [1.29, 1.82) is 0 Å². The Labute approximate surface area is 166 Å². The van der Waals surface area contributed by atoms with Crippen LogP contribution in [0.4, 0.5) is 5.69 Å². The third-order valence-corrected chi connectivity index (χ3v) is 5.84. The lowest BCUT2D eigenvalue weighted by Gasteiger charge is -2.23. The first-order valence-corrected chi connectivity index (χ1v) is 10.3. The van der Waals surface area contributed by atoms with Crippen LogP contribution in [-0.2, 0) is 0 Å². The summed E-state index contributed by atoms with van der Waals surface area (Å²) in [5.41, 5.74) is 4.16. The number of carbonyl (C=O) groups excluding carboxylic acids is 1. The molecule has 5 rings (SSSR count). The molecule has 0 aliphatic carbocycles. The number of nitrogens with one attached hydrogen (secondary N) is 2. The molecular formula is C23H28N4O. The van der Waals surface area contributed by atoms with Crippen LogP contribution in [0.1, 0.15) is 67.1 Å². The summed E-state index contributed by atoms with van der Waals surface area (Å²) in [5, 5.41) is 13.2. The molecule has 1 unspecified atom stereocenters. The van der Waals surface area contributed by atoms with Crippen molar-refractivity contribution in [2.24, 2.45) is 0 Å². The zero-order valence-electron chi connectivity index (χ0n) is 16.8. The molecule has 0 spiro atoms. The summed E-state index contributed by atoms with van der Waals surface area (Å²) < 4.78 is 2.14. The van der Waals surface area contributed by atoms with Gasteiger partial charge in [0.2, 0.25) is 0 Å². The van der Waals surface area contributed by atoms with Crippen molar-refractivity contribution >= 4 is 22.4 Å². The van der Waals surface area contributed by atoms with Crippen LogP contribution < -0.4 is 10.6 Å². The first-order chi connectivity index (χ1) is 13.7. The van der Waals surface area contributed by atoms with E-state index in [1.807, 2.05) is 38.2 Å². The van der Waals surface area contributed by atoms with Crippen LogP contribution in [-0.4, -0.2) is 28.8 Å². The zero-order chi connectivity index (χ0) is 19.7. The van der Waals surface area contributed by atoms with Gasteiger partial charge in [-0.05, 0) is 54.6 Å². The standard InChI is InChI=1S/C21H22N4O.C2H6/c1-13(14-11-23-25(12-14)15-7-9-22-10-8-15)16-5-6-19-20-17(16)3-2-4-18(20)21(26)24-19;1-2/h2-6,11-13,15,22H,7-10H2,1H3,(H,24,26);1-2H3. The lowest BCUT2D eigenvalue weighted by atomic mass is 9.90. The summed E-state index contributed by atoms with van der Waals surface area (Å²) in [6.45, 7) is 8.34. The number of nitrogens with zero attached hydrogens (tertiary/aromatic N) is 2. The summed E-state index contributed by atoms with van der Waals surface area (Å²) in [6.07, 6.45) is 6.46. The molecule has 1 amide bonds. The Bertz CT molecular complexity index is 1000. The van der Waals surface area contributed by atoms with Crippen LogP contribution in [0.15, 0.2) is 42.7 Å². The molecular weight excluding hydrogens is 348 g/mol. The number of carbonyl (C=O) groups is 1. The number of aromatic nitrogens is 2. The number of benzene rings is 2. The average molecular weight is 377 g/mol. The second-order valence-corrected chi connectivity index (χ2v) is 7.34. The van der Waals surface area contributed by atoms with Gasteiger partial charge < -0.3 is 10.6 Å². The van der Waals surface area contributed by atoms with Crippen molar-refractivity contribution in [3.63, 3.8) is 0 Å². The molecule has 0 saturated carbocycles. The minimum absolute atomic E-state index is 0.00543. The van der Waals surface area contributed by atoms with E-state index >= 15 is 0 Å². The molecule has 2 aliphatic rings. The molecule has 1 saturated heterocycles. The highest BCUT2D eigenvalue weighted by molar-refractivity contribution is 6.24. The van der Waals surface area contributed by atoms with Crippen LogP contribution >= 0.6 is 0 Å². The van der Waals surface area contributed by atoms with E-state index in [2.05, 4.69) is 45.7 Å². The van der Waals surface area contributed by atoms with Gasteiger partial charge in [-0.3, -0.25) is 9.48 Å². The van der Waals surface area contributed by atoms with Gasteiger partial charge >= 0.3 is 0 Å². The zero-order valence-corrected chi connectivity index (χ0v) is 16.8. The lowest BCUT2D eigenvalue weighted by Crippen LogP contribution is -2.29. The third-order valence-electron chi connectivity index (χ3n) is 5.84. The molecule has 2 N–H and O–H groups in total. The Hall–Kier alpha value is -2.66. The van der Waals surface area contributed by atoms with E-state index in [1.54, 1.807) is 0 Å². The topological polar surface area (TPSA) is 59.0 Å². The second-order valence-electron chi connectivity index (χ2n) is 7.34. The molecule has 0 radical (unpaired) electrons. The Morgan fingerprint density at radius 2 is 1.93 bits per heavy atom. The summed E-state index contributed by atoms with van der Waals surface area (Å²) in [5.74, 6) is 0.222. The summed E-state index contributed by atoms with van der Waals surface area (Å²) in [6, 6.07) is 10.6. The van der Waals surface area contributed by atoms with Crippen molar-refractivity contribution in [1.82, 2.24) is 15.1 Å². The van der Waals surface area contributed by atoms with Gasteiger partial charge in [0.1, 0.15) is 0 Å². The van der Waals surface area contributed by atoms with E-state index in [0.717, 1.165) is 48.0 Å². The number of anilines is 1. The van der Waals surface area contributed by atoms with Gasteiger partial charge in [-0.1, -0.05) is 39.0 Å². The van der Waals surface area contributed by atoms with Crippen LogP contribution in [0.25, 0.3) is 10.8 Å². The minimum atomic E-state index is -0.00543. The predicted octanol–water partition coefficient (Wildman–Crippen LogP) is 4.70. The van der Waals surface area contributed by atoms with Crippen molar-refractivity contribution < 1.29 is 4.79 Å². The number of piperidine rings is 1. The Morgan fingerprint density at radius 1 is 1.14 bits per heavy atom. The highest BCUT2D eigenvalue weighted by Crippen LogP contribution is 2.39. The fraction of sp³-hybridized carbons (Fsp3) is 0.391. The van der Waals surface area contributed by atoms with Crippen molar-refractivity contribution in [3.05, 3.63) is 59.4 Å². The maximum atomic E-state index is 12.1. The van der Waals surface area contributed by atoms with Crippen LogP contribution in [0.3, 0.4) is 0 Å². The third kappa shape index (κ3) is 3.10. The summed E-state index contributed by atoms with van der Waals surface area (Å²) in [4.78, 5) is 12.1. The SMILES string of the molecule is CC.CC(c1cnn(C2CCNCC2)c1)c1ccc2c3c(cccc13)C(=O)N2. The highest BCUT2D eigenvalue weighted by Gasteiger charge is 2.24. The Balaban J connectivity index is 0.000000932. The second kappa shape index (κ2) is 7.76. The van der Waals surface area contributed by atoms with Gasteiger partial charge in [-0.2, -0.15) is 5.10 Å². The predicted molar refractivity (Wildman–Crippen MR) is 114 cm³/mol. The number of amides is 1. The normalized spacial score (nSPS) is 17.2. The van der Waals surface area contributed by atoms with E-state index in [1.165, 1.54) is 11.1 Å². The smallest absolute Gasteiger partial charge is 0.256 e. The van der Waals surface area contributed by atoms with Crippen molar-refractivity contribution in [2.75, 3.05) is 18.4 Å². The fourth-order valence-corrected chi connectivity index (χ4v) is 4.32. The van der Waals surface area contributed by atoms with Crippen molar-refractivity contribution in [3.8, 4) is 0 Å².